The van der Waals surface area contributed by atoms with Crippen molar-refractivity contribution in [2.24, 2.45) is 0 Å². The molecule has 0 saturated carbocycles. The van der Waals surface area contributed by atoms with Crippen molar-refractivity contribution in [3.63, 3.8) is 0 Å². The van der Waals surface area contributed by atoms with Gasteiger partial charge in [0.05, 0.1) is 11.2 Å². The van der Waals surface area contributed by atoms with Gasteiger partial charge in [-0.15, -0.1) is 0 Å². The van der Waals surface area contributed by atoms with Crippen LogP contribution >= 0.6 is 7.82 Å². The summed E-state index contributed by atoms with van der Waals surface area (Å²) in [5.41, 5.74) is -1.46. The van der Waals surface area contributed by atoms with E-state index in [1.54, 1.807) is 41.5 Å². The SMILES string of the molecule is CNC(=O)OCOP(=O)(OC(C)(C)C)OC(C)(C)C. The van der Waals surface area contributed by atoms with Gasteiger partial charge in [-0.1, -0.05) is 0 Å². The highest BCUT2D eigenvalue weighted by atomic mass is 31.2. The number of amides is 1. The maximum atomic E-state index is 12.4. The molecular weight excluding hydrogens is 273 g/mol. The van der Waals surface area contributed by atoms with Crippen LogP contribution in [0, 0.1) is 0 Å². The lowest BCUT2D eigenvalue weighted by molar-refractivity contribution is -0.0283. The summed E-state index contributed by atoms with van der Waals surface area (Å²) in [6, 6.07) is 0. The minimum atomic E-state index is -3.83. The van der Waals surface area contributed by atoms with E-state index in [1.165, 1.54) is 7.05 Å². The van der Waals surface area contributed by atoms with Gasteiger partial charge in [0.2, 0.25) is 6.79 Å². The van der Waals surface area contributed by atoms with E-state index in [4.69, 9.17) is 13.6 Å². The number of hydrogen-bond donors (Lipinski definition) is 1. The van der Waals surface area contributed by atoms with Gasteiger partial charge in [0, 0.05) is 7.05 Å². The maximum Gasteiger partial charge on any atom is 0.478 e. The number of alkyl carbamates (subject to hydrolysis) is 1. The quantitative estimate of drug-likeness (QED) is 0.620. The van der Waals surface area contributed by atoms with E-state index in [0.29, 0.717) is 0 Å². The number of ether oxygens (including phenoxy) is 1. The van der Waals surface area contributed by atoms with Crippen molar-refractivity contribution >= 4 is 13.9 Å². The molecule has 0 aliphatic carbocycles. The Morgan fingerprint density at radius 3 is 1.79 bits per heavy atom. The lowest BCUT2D eigenvalue weighted by atomic mass is 10.2. The number of carbonyl (C=O) groups is 1. The molecule has 0 saturated heterocycles. The average molecular weight is 297 g/mol. The lowest BCUT2D eigenvalue weighted by Crippen LogP contribution is -2.26. The molecule has 0 spiro atoms. The van der Waals surface area contributed by atoms with Crippen LogP contribution in [0.15, 0.2) is 0 Å². The molecule has 8 heteroatoms. The molecule has 0 aromatic carbocycles. The van der Waals surface area contributed by atoms with E-state index >= 15 is 0 Å². The number of phosphoric acid groups is 1. The predicted octanol–water partition coefficient (Wildman–Crippen LogP) is 3.05. The molecule has 0 rings (SSSR count). The number of carbonyl (C=O) groups excluding carboxylic acids is 1. The smallest absolute Gasteiger partial charge is 0.422 e. The highest BCUT2D eigenvalue weighted by Crippen LogP contribution is 2.55. The number of hydrogen-bond acceptors (Lipinski definition) is 6. The Morgan fingerprint density at radius 2 is 1.47 bits per heavy atom. The fraction of sp³-hybridized carbons (Fsp3) is 0.909. The summed E-state index contributed by atoms with van der Waals surface area (Å²) in [6.45, 7) is 9.78. The Bertz CT molecular complexity index is 324. The van der Waals surface area contributed by atoms with Crippen LogP contribution in [0.25, 0.3) is 0 Å². The van der Waals surface area contributed by atoms with Gasteiger partial charge in [0.15, 0.2) is 0 Å². The van der Waals surface area contributed by atoms with E-state index in [1.807, 2.05) is 0 Å². The molecule has 114 valence electrons. The summed E-state index contributed by atoms with van der Waals surface area (Å²) in [5.74, 6) is 0. The molecule has 0 aromatic rings. The zero-order chi connectivity index (χ0) is 15.3. The first-order valence-corrected chi connectivity index (χ1v) is 7.33. The van der Waals surface area contributed by atoms with Crippen LogP contribution < -0.4 is 5.32 Å². The van der Waals surface area contributed by atoms with Crippen LogP contribution in [-0.4, -0.2) is 31.1 Å². The first kappa shape index (κ1) is 18.4. The fourth-order valence-electron chi connectivity index (χ4n) is 0.959. The summed E-state index contributed by atoms with van der Waals surface area (Å²) in [5, 5.41) is 2.24. The molecule has 0 aliphatic heterocycles. The second-order valence-corrected chi connectivity index (χ2v) is 7.30. The third kappa shape index (κ3) is 9.90. The first-order valence-electron chi connectivity index (χ1n) is 5.87. The minimum absolute atomic E-state index is 0.525. The third-order valence-electron chi connectivity index (χ3n) is 1.38. The second-order valence-electron chi connectivity index (χ2n) is 5.78. The van der Waals surface area contributed by atoms with Crippen molar-refractivity contribution in [1.29, 1.82) is 0 Å². The van der Waals surface area contributed by atoms with Crippen LogP contribution in [0.1, 0.15) is 41.5 Å². The van der Waals surface area contributed by atoms with E-state index in [2.05, 4.69) is 10.1 Å². The minimum Gasteiger partial charge on any atom is -0.422 e. The standard InChI is InChI=1S/C11H24NO6P/c1-10(2,3)17-19(14,18-11(4,5)6)16-8-15-9(13)12-7/h8H2,1-7H3,(H,12,13). The van der Waals surface area contributed by atoms with Crippen molar-refractivity contribution in [3.8, 4) is 0 Å². The molecule has 1 amide bonds. The predicted molar refractivity (Wildman–Crippen MR) is 70.8 cm³/mol. The summed E-state index contributed by atoms with van der Waals surface area (Å²) in [4.78, 5) is 10.9. The van der Waals surface area contributed by atoms with Gasteiger partial charge in [-0.05, 0) is 41.5 Å². The van der Waals surface area contributed by atoms with Gasteiger partial charge in [-0.3, -0.25) is 9.05 Å². The zero-order valence-electron chi connectivity index (χ0n) is 12.6. The number of rotatable bonds is 5. The molecule has 0 radical (unpaired) electrons. The van der Waals surface area contributed by atoms with Crippen molar-refractivity contribution in [1.82, 2.24) is 5.32 Å². The van der Waals surface area contributed by atoms with E-state index in [9.17, 15) is 9.36 Å². The number of nitrogens with one attached hydrogen (secondary N) is 1. The molecule has 0 bridgehead atoms. The van der Waals surface area contributed by atoms with E-state index in [0.717, 1.165) is 0 Å². The maximum absolute atomic E-state index is 12.4. The summed E-state index contributed by atoms with van der Waals surface area (Å²) >= 11 is 0. The Morgan fingerprint density at radius 1 is 1.05 bits per heavy atom. The monoisotopic (exact) mass is 297 g/mol. The van der Waals surface area contributed by atoms with Gasteiger partial charge in [-0.25, -0.2) is 13.9 Å². The lowest BCUT2D eigenvalue weighted by Gasteiger charge is -2.30. The largest absolute Gasteiger partial charge is 0.478 e. The van der Waals surface area contributed by atoms with Crippen molar-refractivity contribution in [2.45, 2.75) is 52.7 Å². The Balaban J connectivity index is 4.68. The molecule has 0 atom stereocenters. The highest BCUT2D eigenvalue weighted by molar-refractivity contribution is 7.48. The molecule has 0 aromatic heterocycles. The molecule has 0 aliphatic rings. The molecule has 19 heavy (non-hydrogen) atoms. The zero-order valence-corrected chi connectivity index (χ0v) is 13.5. The molecule has 0 heterocycles. The summed E-state index contributed by atoms with van der Waals surface area (Å²) in [7, 11) is -2.43. The summed E-state index contributed by atoms with van der Waals surface area (Å²) < 4.78 is 32.7. The molecule has 7 nitrogen and oxygen atoms in total. The van der Waals surface area contributed by atoms with Crippen LogP contribution in [0.4, 0.5) is 4.79 Å². The molecule has 0 fully saturated rings. The van der Waals surface area contributed by atoms with Gasteiger partial charge in [0.1, 0.15) is 0 Å². The van der Waals surface area contributed by atoms with Crippen LogP contribution in [0.3, 0.4) is 0 Å². The number of phosphoric ester groups is 1. The second kappa shape index (κ2) is 6.70. The van der Waals surface area contributed by atoms with E-state index in [-0.39, 0.29) is 0 Å². The third-order valence-corrected chi connectivity index (χ3v) is 3.34. The average Bonchev–Trinajstić information content (AvgIpc) is 2.10. The van der Waals surface area contributed by atoms with Gasteiger partial charge in [-0.2, -0.15) is 0 Å². The highest BCUT2D eigenvalue weighted by Gasteiger charge is 2.37. The first-order chi connectivity index (χ1) is 8.37. The topological polar surface area (TPSA) is 83.1 Å². The van der Waals surface area contributed by atoms with Crippen LogP contribution in [0.2, 0.25) is 0 Å². The van der Waals surface area contributed by atoms with E-state index < -0.39 is 31.9 Å². The van der Waals surface area contributed by atoms with Gasteiger partial charge < -0.3 is 10.1 Å². The van der Waals surface area contributed by atoms with Gasteiger partial charge in [0.25, 0.3) is 0 Å². The normalized spacial score (nSPS) is 13.2. The van der Waals surface area contributed by atoms with Crippen LogP contribution in [0.5, 0.6) is 0 Å². The molecule has 1 N–H and O–H groups in total. The molecule has 0 unspecified atom stereocenters. The van der Waals surface area contributed by atoms with Crippen LogP contribution in [-0.2, 0) is 22.9 Å². The van der Waals surface area contributed by atoms with Crippen molar-refractivity contribution in [2.75, 3.05) is 13.8 Å². The summed E-state index contributed by atoms with van der Waals surface area (Å²) in [6.07, 6.45) is -0.696. The Labute approximate surface area is 114 Å². The Kier molecular flexibility index (Phi) is 6.48. The van der Waals surface area contributed by atoms with Gasteiger partial charge >= 0.3 is 13.9 Å². The Hall–Kier alpha value is -0.620. The molecular formula is C11H24NO6P. The van der Waals surface area contributed by atoms with Crippen molar-refractivity contribution in [3.05, 3.63) is 0 Å². The van der Waals surface area contributed by atoms with Crippen molar-refractivity contribution < 1.29 is 27.7 Å². The fourth-order valence-corrected chi connectivity index (χ4v) is 2.62.